The number of hydrogen-bond acceptors (Lipinski definition) is 2. The fraction of sp³-hybridized carbons (Fsp3) is 0.850. The topological polar surface area (TPSA) is 26.3 Å². The van der Waals surface area contributed by atoms with Gasteiger partial charge < -0.3 is 7.38 Å². The Hall–Kier alpha value is 0.900. The molecule has 0 amide bonds. The summed E-state index contributed by atoms with van der Waals surface area (Å²) in [6.07, 6.45) is 13.2. The van der Waals surface area contributed by atoms with Crippen molar-refractivity contribution >= 4 is 53.2 Å². The van der Waals surface area contributed by atoms with Crippen LogP contribution in [0.25, 0.3) is 0 Å². The average molecular weight is 385 g/mol. The van der Waals surface area contributed by atoms with Gasteiger partial charge in [0.05, 0.1) is 9.47 Å². The van der Waals surface area contributed by atoms with E-state index in [4.69, 9.17) is 0 Å². The van der Waals surface area contributed by atoms with Crippen LogP contribution in [0.4, 0.5) is 0 Å². The number of rotatable bonds is 13. The van der Waals surface area contributed by atoms with Crippen LogP contribution in [0.5, 0.6) is 0 Å². The van der Waals surface area contributed by atoms with Crippen molar-refractivity contribution in [2.75, 3.05) is 0 Å². The van der Waals surface area contributed by atoms with E-state index in [1.807, 2.05) is 16.4 Å². The maximum Gasteiger partial charge on any atom is 2.00 e. The van der Waals surface area contributed by atoms with Crippen LogP contribution in [0.1, 0.15) is 95.3 Å². The zero-order chi connectivity index (χ0) is 17.7. The Labute approximate surface area is 186 Å². The van der Waals surface area contributed by atoms with Crippen molar-refractivity contribution in [1.82, 2.24) is 0 Å². The van der Waals surface area contributed by atoms with Gasteiger partial charge in [-0.2, -0.15) is 0 Å². The molecule has 0 aromatic carbocycles. The van der Waals surface area contributed by atoms with Crippen molar-refractivity contribution in [3.63, 3.8) is 0 Å². The van der Waals surface area contributed by atoms with Gasteiger partial charge in [0.2, 0.25) is 0 Å². The Morgan fingerprint density at radius 3 is 1.88 bits per heavy atom. The Kier molecular flexibility index (Phi) is 19.6. The van der Waals surface area contributed by atoms with Gasteiger partial charge in [0.1, 0.15) is 0 Å². The van der Waals surface area contributed by atoms with Crippen LogP contribution < -0.4 is 0 Å². The molecule has 3 atom stereocenters. The summed E-state index contributed by atoms with van der Waals surface area (Å²) < 4.78 is 4.57. The van der Waals surface area contributed by atoms with Gasteiger partial charge >= 0.3 is 43.7 Å². The molecule has 0 aliphatic rings. The van der Waals surface area contributed by atoms with E-state index >= 15 is 0 Å². The van der Waals surface area contributed by atoms with Gasteiger partial charge in [-0.15, -0.1) is 0 Å². The van der Waals surface area contributed by atoms with Crippen molar-refractivity contribution in [3.05, 3.63) is 11.6 Å². The molecule has 0 rings (SSSR count). The minimum Gasteiger partial charge on any atom is -1.00 e. The summed E-state index contributed by atoms with van der Waals surface area (Å²) in [5.41, 5.74) is 1.11. The summed E-state index contributed by atoms with van der Waals surface area (Å²) in [5.74, 6) is 2.24. The van der Waals surface area contributed by atoms with E-state index < -0.39 is 0 Å². The van der Waals surface area contributed by atoms with E-state index in [1.54, 1.807) is 6.08 Å². The molecule has 0 aromatic heterocycles. The first-order valence-corrected chi connectivity index (χ1v) is 9.90. The summed E-state index contributed by atoms with van der Waals surface area (Å²) in [5, 5.41) is 0. The Morgan fingerprint density at radius 2 is 1.42 bits per heavy atom. The monoisotopic (exact) mass is 384 g/mol. The van der Waals surface area contributed by atoms with Crippen LogP contribution in [0.2, 0.25) is 0 Å². The predicted molar refractivity (Wildman–Crippen MR) is 112 cm³/mol. The number of carbonyl (C=O) groups is 1. The second-order valence-electron chi connectivity index (χ2n) is 7.79. The zero-order valence-corrected chi connectivity index (χ0v) is 20.1. The molecular formula is C20H41CaO2P. The first-order valence-electron chi connectivity index (χ1n) is 9.43. The first kappa shape index (κ1) is 27.1. The molecule has 0 saturated heterocycles. The minimum atomic E-state index is -0.271. The third-order valence-electron chi connectivity index (χ3n) is 4.62. The van der Waals surface area contributed by atoms with Crippen molar-refractivity contribution in [3.8, 4) is 0 Å². The maximum atomic E-state index is 11.1. The molecule has 0 aliphatic heterocycles. The minimum absolute atomic E-state index is 0. The van der Waals surface area contributed by atoms with Crippen LogP contribution in [0, 0.1) is 17.8 Å². The van der Waals surface area contributed by atoms with Gasteiger partial charge in [0.25, 0.3) is 0 Å². The van der Waals surface area contributed by atoms with Crippen molar-refractivity contribution < 1.29 is 12.2 Å². The quantitative estimate of drug-likeness (QED) is 0.204. The second kappa shape index (κ2) is 17.3. The van der Waals surface area contributed by atoms with Crippen LogP contribution in [0.15, 0.2) is 11.6 Å². The fourth-order valence-electron chi connectivity index (χ4n) is 3.01. The molecule has 0 heterocycles. The molecule has 0 fully saturated rings. The molecule has 0 spiro atoms. The van der Waals surface area contributed by atoms with Crippen molar-refractivity contribution in [2.45, 2.75) is 92.4 Å². The molecule has 0 saturated carbocycles. The molecule has 24 heavy (non-hydrogen) atoms. The average Bonchev–Trinajstić information content (AvgIpc) is 2.46. The summed E-state index contributed by atoms with van der Waals surface area (Å²) in [6.45, 7) is 11.4. The normalized spacial score (nSPS) is 14.2. The molecule has 0 aromatic rings. The van der Waals surface area contributed by atoms with Crippen LogP contribution in [0.3, 0.4) is 0 Å². The van der Waals surface area contributed by atoms with E-state index in [-0.39, 0.29) is 46.6 Å². The fourth-order valence-corrected chi connectivity index (χ4v) is 3.08. The molecule has 0 N–H and O–H groups in total. The summed E-state index contributed by atoms with van der Waals surface area (Å²) in [4.78, 5) is 11.1. The third-order valence-corrected chi connectivity index (χ3v) is 4.85. The summed E-state index contributed by atoms with van der Waals surface area (Å²) in [6, 6.07) is 0. The number of hydrogen-bond donors (Lipinski definition) is 0. The van der Waals surface area contributed by atoms with E-state index in [1.165, 1.54) is 44.9 Å². The zero-order valence-electron chi connectivity index (χ0n) is 18.8. The van der Waals surface area contributed by atoms with Gasteiger partial charge in [-0.25, -0.2) is 4.79 Å². The van der Waals surface area contributed by atoms with Gasteiger partial charge in [0, 0.05) is 6.08 Å². The van der Waals surface area contributed by atoms with Crippen LogP contribution >= 0.6 is 9.47 Å². The van der Waals surface area contributed by atoms with Crippen molar-refractivity contribution in [1.29, 1.82) is 0 Å². The van der Waals surface area contributed by atoms with Gasteiger partial charge in [-0.3, -0.25) is 0 Å². The second-order valence-corrected chi connectivity index (χ2v) is 8.02. The molecule has 0 aliphatic carbocycles. The molecule has 0 radical (unpaired) electrons. The van der Waals surface area contributed by atoms with Gasteiger partial charge in [-0.05, 0) is 37.5 Å². The largest absolute Gasteiger partial charge is 2.00 e. The van der Waals surface area contributed by atoms with Gasteiger partial charge in [-0.1, -0.05) is 78.2 Å². The summed E-state index contributed by atoms with van der Waals surface area (Å²) in [7, 11) is 2.00. The third kappa shape index (κ3) is 17.7. The predicted octanol–water partition coefficient (Wildman–Crippen LogP) is 6.55. The molecule has 2 nitrogen and oxygen atoms in total. The number of carbonyl (C=O) groups excluding carboxylic acids is 1. The summed E-state index contributed by atoms with van der Waals surface area (Å²) >= 11 is 0. The number of allylic oxidation sites excluding steroid dienone is 1. The Balaban J connectivity index is -0.000000807. The van der Waals surface area contributed by atoms with E-state index in [2.05, 4.69) is 32.2 Å². The standard InChI is InChI=1S/C20H39O2P.Ca.2H/c1-16(2)9-6-10-17(3)11-7-12-18(4)13-8-14-19(5)15-20(21)22-23;;;/h15-18H,6-14,23H2,1-5H3;;;/q;+2;2*-1/b19-15+;;;/t17-,18-;;;/m1.../s1. The molecule has 140 valence electrons. The first-order chi connectivity index (χ1) is 10.8. The molecule has 0 bridgehead atoms. The van der Waals surface area contributed by atoms with Crippen molar-refractivity contribution in [2.24, 2.45) is 17.8 Å². The smallest absolute Gasteiger partial charge is 1.00 e. The molecule has 4 heteroatoms. The maximum absolute atomic E-state index is 11.1. The van der Waals surface area contributed by atoms with Gasteiger partial charge in [0.15, 0.2) is 0 Å². The van der Waals surface area contributed by atoms with Crippen LogP contribution in [-0.2, 0) is 9.32 Å². The Morgan fingerprint density at radius 1 is 0.958 bits per heavy atom. The van der Waals surface area contributed by atoms with E-state index in [0.29, 0.717) is 0 Å². The molecule has 1 unspecified atom stereocenters. The molecular weight excluding hydrogens is 343 g/mol. The van der Waals surface area contributed by atoms with Crippen LogP contribution in [-0.4, -0.2) is 43.7 Å². The Bertz CT molecular complexity index is 353. The SMILES string of the molecule is C/C(=C\C(=O)OP)CCC[C@H](C)CCC[C@H](C)CCCC(C)C.[Ca+2].[H-].[H-]. The van der Waals surface area contributed by atoms with E-state index in [0.717, 1.165) is 36.2 Å². The van der Waals surface area contributed by atoms with E-state index in [9.17, 15) is 4.79 Å².